The number of pyridine rings is 1. The average molecular weight is 424 g/mol. The van der Waals surface area contributed by atoms with Gasteiger partial charge in [-0.1, -0.05) is 11.6 Å². The van der Waals surface area contributed by atoms with Gasteiger partial charge in [0.1, 0.15) is 16.4 Å². The summed E-state index contributed by atoms with van der Waals surface area (Å²) in [5.41, 5.74) is 1.56. The first kappa shape index (κ1) is 13.2. The van der Waals surface area contributed by atoms with E-state index in [-0.39, 0.29) is 0 Å². The Hall–Kier alpha value is -0.250. The Labute approximate surface area is 126 Å². The molecule has 5 heteroatoms. The van der Waals surface area contributed by atoms with Crippen LogP contribution in [0.25, 0.3) is 11.1 Å². The fourth-order valence-electron chi connectivity index (χ4n) is 1.48. The highest BCUT2D eigenvalue weighted by Crippen LogP contribution is 2.34. The van der Waals surface area contributed by atoms with E-state index in [2.05, 4.69) is 55.3 Å². The molecule has 2 aromatic rings. The van der Waals surface area contributed by atoms with Crippen LogP contribution in [0.15, 0.2) is 15.0 Å². The first-order valence-corrected chi connectivity index (χ1v) is 7.21. The molecule has 0 aliphatic carbocycles. The van der Waals surface area contributed by atoms with Crippen LogP contribution in [0.5, 0.6) is 0 Å². The van der Waals surface area contributed by atoms with Crippen molar-refractivity contribution < 1.29 is 4.42 Å². The number of furan rings is 1. The van der Waals surface area contributed by atoms with Crippen molar-refractivity contribution >= 4 is 61.2 Å². The summed E-state index contributed by atoms with van der Waals surface area (Å²) in [5, 5.41) is 0.475. The van der Waals surface area contributed by atoms with Crippen molar-refractivity contribution in [3.05, 3.63) is 25.0 Å². The van der Waals surface area contributed by atoms with E-state index in [0.717, 1.165) is 37.7 Å². The average Bonchev–Trinajstić information content (AvgIpc) is 2.58. The second-order valence-corrected chi connectivity index (χ2v) is 5.71. The van der Waals surface area contributed by atoms with E-state index in [0.29, 0.717) is 5.15 Å². The second-order valence-electron chi connectivity index (χ2n) is 3.37. The Morgan fingerprint density at radius 1 is 1.59 bits per heavy atom. The third-order valence-corrected chi connectivity index (χ3v) is 4.04. The predicted molar refractivity (Wildman–Crippen MR) is 81.2 cm³/mol. The molecule has 2 aromatic heterocycles. The molecule has 0 atom stereocenters. The molecule has 0 radical (unpaired) electrons. The standard InChI is InChI=1S/C12H8BrClINO/c1-2-3-4-5-8-10(13)11-12(17-8)7(15)6-9(14)16-11/h6H,4-5H2,1H3. The van der Waals surface area contributed by atoms with Crippen molar-refractivity contribution in [3.63, 3.8) is 0 Å². The molecule has 2 heterocycles. The number of hydrogen-bond acceptors (Lipinski definition) is 2. The summed E-state index contributed by atoms with van der Waals surface area (Å²) < 4.78 is 7.63. The molecule has 2 nitrogen and oxygen atoms in total. The van der Waals surface area contributed by atoms with Gasteiger partial charge in [-0.2, -0.15) is 0 Å². The number of rotatable bonds is 2. The van der Waals surface area contributed by atoms with Crippen LogP contribution in [-0.2, 0) is 6.42 Å². The molecule has 2 rings (SSSR count). The van der Waals surface area contributed by atoms with E-state index in [1.165, 1.54) is 0 Å². The third-order valence-electron chi connectivity index (χ3n) is 2.23. The van der Waals surface area contributed by atoms with E-state index < -0.39 is 0 Å². The van der Waals surface area contributed by atoms with Crippen LogP contribution in [0.1, 0.15) is 19.1 Å². The van der Waals surface area contributed by atoms with Crippen molar-refractivity contribution in [2.24, 2.45) is 0 Å². The van der Waals surface area contributed by atoms with Crippen molar-refractivity contribution in [1.29, 1.82) is 0 Å². The first-order chi connectivity index (χ1) is 8.13. The van der Waals surface area contributed by atoms with E-state index in [4.69, 9.17) is 16.0 Å². The summed E-state index contributed by atoms with van der Waals surface area (Å²) >= 11 is 11.6. The van der Waals surface area contributed by atoms with Gasteiger partial charge in [0.15, 0.2) is 5.58 Å². The molecule has 0 amide bonds. The van der Waals surface area contributed by atoms with Gasteiger partial charge in [-0.25, -0.2) is 4.98 Å². The van der Waals surface area contributed by atoms with Gasteiger partial charge < -0.3 is 4.42 Å². The number of aromatic nitrogens is 1. The Morgan fingerprint density at radius 3 is 3.06 bits per heavy atom. The predicted octanol–water partition coefficient (Wildman–Crippen LogP) is 4.80. The quantitative estimate of drug-likeness (QED) is 0.393. The molecule has 0 saturated carbocycles. The van der Waals surface area contributed by atoms with Crippen molar-refractivity contribution in [3.8, 4) is 11.8 Å². The second kappa shape index (κ2) is 5.59. The topological polar surface area (TPSA) is 26.0 Å². The van der Waals surface area contributed by atoms with Gasteiger partial charge in [0.25, 0.3) is 0 Å². The molecule has 17 heavy (non-hydrogen) atoms. The van der Waals surface area contributed by atoms with E-state index in [1.54, 1.807) is 6.07 Å². The lowest BCUT2D eigenvalue weighted by atomic mass is 10.2. The minimum atomic E-state index is 0.475. The van der Waals surface area contributed by atoms with Crippen LogP contribution >= 0.6 is 50.1 Å². The van der Waals surface area contributed by atoms with Gasteiger partial charge in [0.05, 0.1) is 8.04 Å². The summed E-state index contributed by atoms with van der Waals surface area (Å²) in [6.07, 6.45) is 1.55. The SMILES string of the molecule is CC#CCCc1oc2c(I)cc(Cl)nc2c1Br. The van der Waals surface area contributed by atoms with E-state index in [1.807, 2.05) is 6.92 Å². The molecule has 0 spiro atoms. The number of aryl methyl sites for hydroxylation is 1. The van der Waals surface area contributed by atoms with Crippen molar-refractivity contribution in [2.45, 2.75) is 19.8 Å². The van der Waals surface area contributed by atoms with Gasteiger partial charge in [-0.3, -0.25) is 0 Å². The molecule has 0 unspecified atom stereocenters. The smallest absolute Gasteiger partial charge is 0.167 e. The lowest BCUT2D eigenvalue weighted by Gasteiger charge is -1.93. The van der Waals surface area contributed by atoms with Gasteiger partial charge in [0, 0.05) is 12.8 Å². The fraction of sp³-hybridized carbons (Fsp3) is 0.250. The summed E-state index contributed by atoms with van der Waals surface area (Å²) in [6, 6.07) is 1.79. The highest BCUT2D eigenvalue weighted by atomic mass is 127. The highest BCUT2D eigenvalue weighted by Gasteiger charge is 2.15. The van der Waals surface area contributed by atoms with Gasteiger partial charge >= 0.3 is 0 Å². The molecule has 0 N–H and O–H groups in total. The van der Waals surface area contributed by atoms with Crippen molar-refractivity contribution in [2.75, 3.05) is 0 Å². The van der Waals surface area contributed by atoms with Gasteiger partial charge in [0.2, 0.25) is 0 Å². The maximum atomic E-state index is 5.93. The maximum absolute atomic E-state index is 5.93. The Morgan fingerprint density at radius 2 is 2.35 bits per heavy atom. The first-order valence-electron chi connectivity index (χ1n) is 4.96. The minimum Gasteiger partial charge on any atom is -0.457 e. The molecule has 0 bridgehead atoms. The summed E-state index contributed by atoms with van der Waals surface area (Å²) in [4.78, 5) is 4.27. The lowest BCUT2D eigenvalue weighted by molar-refractivity contribution is 0.546. The molecule has 0 saturated heterocycles. The normalized spacial score (nSPS) is 10.4. The van der Waals surface area contributed by atoms with E-state index >= 15 is 0 Å². The molecular formula is C12H8BrClINO. The highest BCUT2D eigenvalue weighted by molar-refractivity contribution is 14.1. The number of hydrogen-bond donors (Lipinski definition) is 0. The van der Waals surface area contributed by atoms with Crippen LogP contribution in [0.2, 0.25) is 5.15 Å². The Balaban J connectivity index is 2.48. The van der Waals surface area contributed by atoms with Crippen LogP contribution < -0.4 is 0 Å². The monoisotopic (exact) mass is 423 g/mol. The molecule has 0 aromatic carbocycles. The maximum Gasteiger partial charge on any atom is 0.167 e. The van der Waals surface area contributed by atoms with Crippen LogP contribution in [0.3, 0.4) is 0 Å². The van der Waals surface area contributed by atoms with E-state index in [9.17, 15) is 0 Å². The summed E-state index contributed by atoms with van der Waals surface area (Å²) in [7, 11) is 0. The van der Waals surface area contributed by atoms with Crippen LogP contribution in [0, 0.1) is 15.4 Å². The van der Waals surface area contributed by atoms with Gasteiger partial charge in [-0.05, 0) is 51.5 Å². The van der Waals surface area contributed by atoms with Gasteiger partial charge in [-0.15, -0.1) is 11.8 Å². The Kier molecular flexibility index (Phi) is 4.34. The van der Waals surface area contributed by atoms with Crippen LogP contribution in [-0.4, -0.2) is 4.98 Å². The Bertz CT molecular complexity index is 627. The molecule has 0 fully saturated rings. The number of fused-ring (bicyclic) bond motifs is 1. The number of nitrogens with zero attached hydrogens (tertiary/aromatic N) is 1. The zero-order chi connectivity index (χ0) is 12.4. The number of halogens is 3. The fourth-order valence-corrected chi connectivity index (χ4v) is 3.07. The van der Waals surface area contributed by atoms with Crippen LogP contribution in [0.4, 0.5) is 0 Å². The summed E-state index contributed by atoms with van der Waals surface area (Å²) in [6.45, 7) is 1.83. The minimum absolute atomic E-state index is 0.475. The zero-order valence-corrected chi connectivity index (χ0v) is 13.5. The molecule has 0 aliphatic heterocycles. The lowest BCUT2D eigenvalue weighted by Crippen LogP contribution is -1.81. The zero-order valence-electron chi connectivity index (χ0n) is 8.98. The molecular weight excluding hydrogens is 416 g/mol. The molecule has 88 valence electrons. The third kappa shape index (κ3) is 2.78. The van der Waals surface area contributed by atoms with Crippen molar-refractivity contribution in [1.82, 2.24) is 4.98 Å². The summed E-state index contributed by atoms with van der Waals surface area (Å²) in [5.74, 6) is 6.75. The molecule has 0 aliphatic rings. The largest absolute Gasteiger partial charge is 0.457 e.